The molecule has 2 rings (SSSR count). The van der Waals surface area contributed by atoms with Gasteiger partial charge in [-0.25, -0.2) is 4.39 Å². The van der Waals surface area contributed by atoms with Crippen LogP contribution in [0, 0.1) is 17.1 Å². The summed E-state index contributed by atoms with van der Waals surface area (Å²) in [6, 6.07) is 15.0. The van der Waals surface area contributed by atoms with Crippen molar-refractivity contribution in [1.82, 2.24) is 0 Å². The van der Waals surface area contributed by atoms with E-state index in [-0.39, 0.29) is 11.4 Å². The van der Waals surface area contributed by atoms with Crippen molar-refractivity contribution in [3.8, 4) is 6.07 Å². The Bertz CT molecular complexity index is 753. The van der Waals surface area contributed by atoms with Gasteiger partial charge in [-0.3, -0.25) is 4.79 Å². The van der Waals surface area contributed by atoms with E-state index in [2.05, 4.69) is 19.2 Å². The summed E-state index contributed by atoms with van der Waals surface area (Å²) in [4.78, 5) is 12.1. The van der Waals surface area contributed by atoms with E-state index >= 15 is 0 Å². The third-order valence-electron chi connectivity index (χ3n) is 3.38. The Morgan fingerprint density at radius 1 is 1.13 bits per heavy atom. The lowest BCUT2D eigenvalue weighted by Gasteiger charge is -2.06. The summed E-state index contributed by atoms with van der Waals surface area (Å²) in [6.45, 7) is 4.20. The fourth-order valence-corrected chi connectivity index (χ4v) is 2.02. The molecule has 0 aliphatic carbocycles. The maximum Gasteiger partial charge on any atom is 0.266 e. The van der Waals surface area contributed by atoms with E-state index < -0.39 is 5.91 Å². The molecule has 4 heteroatoms. The highest BCUT2D eigenvalue weighted by molar-refractivity contribution is 6.09. The van der Waals surface area contributed by atoms with E-state index in [4.69, 9.17) is 0 Å². The van der Waals surface area contributed by atoms with E-state index in [1.165, 1.54) is 35.9 Å². The van der Waals surface area contributed by atoms with Crippen LogP contribution in [0.25, 0.3) is 6.08 Å². The summed E-state index contributed by atoms with van der Waals surface area (Å²) in [6.07, 6.45) is 1.53. The minimum Gasteiger partial charge on any atom is -0.321 e. The Kier molecular flexibility index (Phi) is 5.27. The van der Waals surface area contributed by atoms with Crippen LogP contribution in [0.1, 0.15) is 30.9 Å². The zero-order chi connectivity index (χ0) is 16.8. The zero-order valence-electron chi connectivity index (χ0n) is 13.0. The molecule has 1 amide bonds. The summed E-state index contributed by atoms with van der Waals surface area (Å²) >= 11 is 0. The highest BCUT2D eigenvalue weighted by atomic mass is 19.1. The van der Waals surface area contributed by atoms with Gasteiger partial charge in [0.15, 0.2) is 0 Å². The third kappa shape index (κ3) is 4.52. The first-order chi connectivity index (χ1) is 11.0. The van der Waals surface area contributed by atoms with E-state index in [9.17, 15) is 14.4 Å². The number of hydrogen-bond donors (Lipinski definition) is 1. The van der Waals surface area contributed by atoms with Crippen LogP contribution in [0.4, 0.5) is 10.1 Å². The van der Waals surface area contributed by atoms with Gasteiger partial charge in [0.2, 0.25) is 0 Å². The molecule has 0 heterocycles. The minimum absolute atomic E-state index is 0.00776. The van der Waals surface area contributed by atoms with Gasteiger partial charge in [0, 0.05) is 5.69 Å². The van der Waals surface area contributed by atoms with E-state index in [1.807, 2.05) is 30.3 Å². The first kappa shape index (κ1) is 16.4. The van der Waals surface area contributed by atoms with Gasteiger partial charge in [-0.1, -0.05) is 38.1 Å². The molecule has 0 aliphatic heterocycles. The van der Waals surface area contributed by atoms with Gasteiger partial charge in [0.25, 0.3) is 5.91 Å². The second kappa shape index (κ2) is 7.37. The average molecular weight is 308 g/mol. The predicted octanol–water partition coefficient (Wildman–Crippen LogP) is 4.49. The molecule has 2 aromatic carbocycles. The molecule has 0 unspecified atom stereocenters. The molecule has 3 nitrogen and oxygen atoms in total. The summed E-state index contributed by atoms with van der Waals surface area (Å²) in [5.74, 6) is -0.485. The molecule has 0 fully saturated rings. The minimum atomic E-state index is -0.521. The SMILES string of the molecule is CC(C)c1ccc(/C=C(\C#N)C(=O)Nc2ccc(F)cc2)cc1. The normalized spacial score (nSPS) is 11.2. The standard InChI is InChI=1S/C19H17FN2O/c1-13(2)15-5-3-14(4-6-15)11-16(12-21)19(23)22-18-9-7-17(20)8-10-18/h3-11,13H,1-2H3,(H,22,23)/b16-11+. The van der Waals surface area contributed by atoms with Crippen LogP contribution in [-0.2, 0) is 4.79 Å². The molecule has 0 radical (unpaired) electrons. The Morgan fingerprint density at radius 3 is 2.26 bits per heavy atom. The first-order valence-electron chi connectivity index (χ1n) is 7.28. The lowest BCUT2D eigenvalue weighted by Crippen LogP contribution is -2.13. The molecule has 0 saturated heterocycles. The van der Waals surface area contributed by atoms with Crippen LogP contribution >= 0.6 is 0 Å². The van der Waals surface area contributed by atoms with Gasteiger partial charge < -0.3 is 5.32 Å². The van der Waals surface area contributed by atoms with Crippen LogP contribution in [0.3, 0.4) is 0 Å². The Hall–Kier alpha value is -2.93. The van der Waals surface area contributed by atoms with Crippen LogP contribution in [0.15, 0.2) is 54.1 Å². The Labute approximate surface area is 135 Å². The number of benzene rings is 2. The van der Waals surface area contributed by atoms with E-state index in [0.717, 1.165) is 5.56 Å². The summed E-state index contributed by atoms with van der Waals surface area (Å²) < 4.78 is 12.8. The molecule has 0 bridgehead atoms. The Balaban J connectivity index is 2.16. The number of anilines is 1. The van der Waals surface area contributed by atoms with Crippen molar-refractivity contribution in [2.75, 3.05) is 5.32 Å². The smallest absolute Gasteiger partial charge is 0.266 e. The van der Waals surface area contributed by atoms with Crippen LogP contribution in [0.5, 0.6) is 0 Å². The maximum atomic E-state index is 12.8. The molecule has 0 aliphatic rings. The van der Waals surface area contributed by atoms with Crippen molar-refractivity contribution in [1.29, 1.82) is 5.26 Å². The number of nitrogens with one attached hydrogen (secondary N) is 1. The lowest BCUT2D eigenvalue weighted by molar-refractivity contribution is -0.112. The summed E-state index contributed by atoms with van der Waals surface area (Å²) in [5, 5.41) is 11.8. The fourth-order valence-electron chi connectivity index (χ4n) is 2.02. The third-order valence-corrected chi connectivity index (χ3v) is 3.38. The van der Waals surface area contributed by atoms with E-state index in [0.29, 0.717) is 11.6 Å². The molecule has 0 saturated carbocycles. The number of hydrogen-bond acceptors (Lipinski definition) is 2. The number of nitriles is 1. The first-order valence-corrected chi connectivity index (χ1v) is 7.28. The summed E-state index contributed by atoms with van der Waals surface area (Å²) in [5.41, 5.74) is 2.40. The van der Waals surface area contributed by atoms with Gasteiger partial charge >= 0.3 is 0 Å². The van der Waals surface area contributed by atoms with Crippen LogP contribution in [0.2, 0.25) is 0 Å². The number of amides is 1. The number of rotatable bonds is 4. The number of nitrogens with zero attached hydrogens (tertiary/aromatic N) is 1. The Morgan fingerprint density at radius 2 is 1.74 bits per heavy atom. The second-order valence-corrected chi connectivity index (χ2v) is 5.45. The van der Waals surface area contributed by atoms with E-state index in [1.54, 1.807) is 0 Å². The highest BCUT2D eigenvalue weighted by Gasteiger charge is 2.09. The fraction of sp³-hybridized carbons (Fsp3) is 0.158. The predicted molar refractivity (Wildman–Crippen MR) is 89.2 cm³/mol. The number of carbonyl (C=O) groups is 1. The molecule has 2 aromatic rings. The van der Waals surface area contributed by atoms with Gasteiger partial charge in [0.05, 0.1) is 0 Å². The summed E-state index contributed by atoms with van der Waals surface area (Å²) in [7, 11) is 0. The molecule has 0 aromatic heterocycles. The second-order valence-electron chi connectivity index (χ2n) is 5.45. The molecule has 0 atom stereocenters. The van der Waals surface area contributed by atoms with Gasteiger partial charge in [-0.2, -0.15) is 5.26 Å². The van der Waals surface area contributed by atoms with Crippen molar-refractivity contribution in [2.45, 2.75) is 19.8 Å². The maximum absolute atomic E-state index is 12.8. The van der Waals surface area contributed by atoms with Crippen molar-refractivity contribution in [3.05, 3.63) is 71.0 Å². The lowest BCUT2D eigenvalue weighted by atomic mass is 10.0. The zero-order valence-corrected chi connectivity index (χ0v) is 13.0. The van der Waals surface area contributed by atoms with Crippen molar-refractivity contribution < 1.29 is 9.18 Å². The number of halogens is 1. The van der Waals surface area contributed by atoms with Crippen LogP contribution in [-0.4, -0.2) is 5.91 Å². The molecule has 0 spiro atoms. The van der Waals surface area contributed by atoms with Crippen molar-refractivity contribution in [3.63, 3.8) is 0 Å². The van der Waals surface area contributed by atoms with Crippen molar-refractivity contribution in [2.24, 2.45) is 0 Å². The number of carbonyl (C=O) groups excluding carboxylic acids is 1. The highest BCUT2D eigenvalue weighted by Crippen LogP contribution is 2.17. The monoisotopic (exact) mass is 308 g/mol. The molecular formula is C19H17FN2O. The average Bonchev–Trinajstić information content (AvgIpc) is 2.55. The largest absolute Gasteiger partial charge is 0.321 e. The van der Waals surface area contributed by atoms with Crippen LogP contribution < -0.4 is 5.32 Å². The molecular weight excluding hydrogens is 291 g/mol. The van der Waals surface area contributed by atoms with Gasteiger partial charge in [0.1, 0.15) is 17.5 Å². The molecule has 23 heavy (non-hydrogen) atoms. The molecule has 116 valence electrons. The molecule has 1 N–H and O–H groups in total. The quantitative estimate of drug-likeness (QED) is 0.668. The van der Waals surface area contributed by atoms with Crippen molar-refractivity contribution >= 4 is 17.7 Å². The topological polar surface area (TPSA) is 52.9 Å². The van der Waals surface area contributed by atoms with Gasteiger partial charge in [-0.05, 0) is 47.4 Å². The van der Waals surface area contributed by atoms with Gasteiger partial charge in [-0.15, -0.1) is 0 Å².